The molecule has 0 aliphatic carbocycles. The highest BCUT2D eigenvalue weighted by atomic mass is 16.5. The lowest BCUT2D eigenvalue weighted by atomic mass is 10.2. The second-order valence-corrected chi connectivity index (χ2v) is 4.82. The summed E-state index contributed by atoms with van der Waals surface area (Å²) in [4.78, 5) is 19.6. The van der Waals surface area contributed by atoms with Crippen molar-refractivity contribution >= 4 is 5.97 Å². The normalized spacial score (nSPS) is 10.5. The van der Waals surface area contributed by atoms with Crippen LogP contribution in [0, 0.1) is 0 Å². The van der Waals surface area contributed by atoms with Crippen molar-refractivity contribution in [1.82, 2.24) is 9.97 Å². The average molecular weight is 304 g/mol. The second kappa shape index (κ2) is 8.17. The van der Waals surface area contributed by atoms with Gasteiger partial charge in [0, 0.05) is 17.8 Å². The van der Waals surface area contributed by atoms with Gasteiger partial charge >= 0.3 is 5.97 Å². The van der Waals surface area contributed by atoms with E-state index >= 15 is 0 Å². The minimum atomic E-state index is -0.531. The van der Waals surface area contributed by atoms with Gasteiger partial charge in [-0.15, -0.1) is 0 Å². The van der Waals surface area contributed by atoms with E-state index in [-0.39, 0.29) is 5.69 Å². The summed E-state index contributed by atoms with van der Waals surface area (Å²) in [6, 6.07) is 3.49. The van der Waals surface area contributed by atoms with Crippen LogP contribution in [0.15, 0.2) is 29.0 Å². The topological polar surface area (TPSA) is 74.5 Å². The molecule has 0 fully saturated rings. The predicted octanol–water partition coefficient (Wildman–Crippen LogP) is 3.48. The van der Waals surface area contributed by atoms with Crippen LogP contribution in [0.3, 0.4) is 0 Å². The Kier molecular flexibility index (Phi) is 5.94. The van der Waals surface area contributed by atoms with Crippen molar-refractivity contribution < 1.29 is 18.7 Å². The molecule has 0 radical (unpaired) electrons. The highest BCUT2D eigenvalue weighted by molar-refractivity contribution is 5.87. The Morgan fingerprint density at radius 2 is 2.18 bits per heavy atom. The zero-order valence-electron chi connectivity index (χ0n) is 12.9. The van der Waals surface area contributed by atoms with Gasteiger partial charge in [-0.2, -0.15) is 0 Å². The molecule has 2 aromatic heterocycles. The van der Waals surface area contributed by atoms with Gasteiger partial charge in [-0.3, -0.25) is 0 Å². The van der Waals surface area contributed by atoms with Gasteiger partial charge in [0.2, 0.25) is 11.8 Å². The van der Waals surface area contributed by atoms with E-state index in [0.717, 1.165) is 12.8 Å². The molecule has 0 aromatic carbocycles. The van der Waals surface area contributed by atoms with Crippen LogP contribution in [0.5, 0.6) is 5.88 Å². The van der Waals surface area contributed by atoms with Gasteiger partial charge in [0.15, 0.2) is 5.69 Å². The van der Waals surface area contributed by atoms with E-state index in [1.54, 1.807) is 18.3 Å². The van der Waals surface area contributed by atoms with Gasteiger partial charge in [-0.1, -0.05) is 26.2 Å². The molecule has 0 aliphatic rings. The van der Waals surface area contributed by atoms with E-state index in [4.69, 9.17) is 9.15 Å². The van der Waals surface area contributed by atoms with Crippen LogP contribution in [-0.4, -0.2) is 29.7 Å². The van der Waals surface area contributed by atoms with E-state index in [2.05, 4.69) is 21.6 Å². The molecule has 2 heterocycles. The maximum absolute atomic E-state index is 11.4. The monoisotopic (exact) mass is 304 g/mol. The van der Waals surface area contributed by atoms with Gasteiger partial charge in [0.25, 0.3) is 0 Å². The number of hydrogen-bond donors (Lipinski definition) is 0. The van der Waals surface area contributed by atoms with Crippen molar-refractivity contribution in [3.63, 3.8) is 0 Å². The van der Waals surface area contributed by atoms with Crippen molar-refractivity contribution in [2.75, 3.05) is 13.7 Å². The molecule has 6 nitrogen and oxygen atoms in total. The fraction of sp³-hybridized carbons (Fsp3) is 0.438. The van der Waals surface area contributed by atoms with E-state index < -0.39 is 5.97 Å². The quantitative estimate of drug-likeness (QED) is 0.549. The van der Waals surface area contributed by atoms with Crippen LogP contribution >= 0.6 is 0 Å². The molecule has 0 unspecified atom stereocenters. The van der Waals surface area contributed by atoms with Crippen LogP contribution in [0.4, 0.5) is 0 Å². The number of carbonyl (C=O) groups is 1. The number of pyridine rings is 1. The third-order valence-electron chi connectivity index (χ3n) is 3.13. The Morgan fingerprint density at radius 1 is 1.32 bits per heavy atom. The summed E-state index contributed by atoms with van der Waals surface area (Å²) in [6.45, 7) is 2.81. The summed E-state index contributed by atoms with van der Waals surface area (Å²) in [6.07, 6.45) is 7.46. The SMILES string of the molecule is CCCCCCOc1cc(-c2nc(C(=O)OC)co2)ccn1. The first-order valence-electron chi connectivity index (χ1n) is 7.37. The molecule has 0 spiro atoms. The predicted molar refractivity (Wildman–Crippen MR) is 80.7 cm³/mol. The molecule has 2 rings (SSSR count). The van der Waals surface area contributed by atoms with Gasteiger partial charge < -0.3 is 13.9 Å². The Morgan fingerprint density at radius 3 is 2.95 bits per heavy atom. The number of ether oxygens (including phenoxy) is 2. The summed E-state index contributed by atoms with van der Waals surface area (Å²) in [5.41, 5.74) is 0.838. The molecule has 0 atom stereocenters. The summed E-state index contributed by atoms with van der Waals surface area (Å²) < 4.78 is 15.5. The molecule has 0 saturated carbocycles. The Hall–Kier alpha value is -2.37. The second-order valence-electron chi connectivity index (χ2n) is 4.82. The zero-order valence-corrected chi connectivity index (χ0v) is 12.9. The molecule has 0 saturated heterocycles. The molecule has 118 valence electrons. The number of oxazole rings is 1. The molecule has 0 bridgehead atoms. The van der Waals surface area contributed by atoms with Crippen molar-refractivity contribution in [3.05, 3.63) is 30.3 Å². The highest BCUT2D eigenvalue weighted by Gasteiger charge is 2.14. The van der Waals surface area contributed by atoms with Crippen LogP contribution in [0.25, 0.3) is 11.5 Å². The molecule has 6 heteroatoms. The molecule has 0 N–H and O–H groups in total. The molecular formula is C16H20N2O4. The first-order valence-corrected chi connectivity index (χ1v) is 7.37. The Bertz CT molecular complexity index is 610. The van der Waals surface area contributed by atoms with Crippen molar-refractivity contribution in [2.24, 2.45) is 0 Å². The number of rotatable bonds is 8. The molecule has 0 amide bonds. The lowest BCUT2D eigenvalue weighted by Gasteiger charge is -2.05. The van der Waals surface area contributed by atoms with E-state index in [1.807, 2.05) is 0 Å². The summed E-state index contributed by atoms with van der Waals surface area (Å²) >= 11 is 0. The number of hydrogen-bond acceptors (Lipinski definition) is 6. The Labute approximate surface area is 129 Å². The summed E-state index contributed by atoms with van der Waals surface area (Å²) in [5.74, 6) is 0.321. The Balaban J connectivity index is 1.99. The number of nitrogens with zero attached hydrogens (tertiary/aromatic N) is 2. The molecule has 2 aromatic rings. The smallest absolute Gasteiger partial charge is 0.360 e. The lowest BCUT2D eigenvalue weighted by molar-refractivity contribution is 0.0594. The molecule has 0 aliphatic heterocycles. The van der Waals surface area contributed by atoms with Gasteiger partial charge in [-0.25, -0.2) is 14.8 Å². The number of aromatic nitrogens is 2. The van der Waals surface area contributed by atoms with Crippen LogP contribution in [-0.2, 0) is 4.74 Å². The van der Waals surface area contributed by atoms with Crippen LogP contribution < -0.4 is 4.74 Å². The summed E-state index contributed by atoms with van der Waals surface area (Å²) in [5, 5.41) is 0. The van der Waals surface area contributed by atoms with E-state index in [9.17, 15) is 4.79 Å². The fourth-order valence-corrected chi connectivity index (χ4v) is 1.93. The summed E-state index contributed by atoms with van der Waals surface area (Å²) in [7, 11) is 1.30. The third-order valence-corrected chi connectivity index (χ3v) is 3.13. The zero-order chi connectivity index (χ0) is 15.8. The van der Waals surface area contributed by atoms with Crippen LogP contribution in [0.1, 0.15) is 43.1 Å². The maximum Gasteiger partial charge on any atom is 0.360 e. The number of methoxy groups -OCH3 is 1. The van der Waals surface area contributed by atoms with Gasteiger partial charge in [-0.05, 0) is 12.5 Å². The standard InChI is InChI=1S/C16H20N2O4/c1-3-4-5-6-9-21-14-10-12(7-8-17-14)15-18-13(11-22-15)16(19)20-2/h7-8,10-11H,3-6,9H2,1-2H3. The largest absolute Gasteiger partial charge is 0.478 e. The molecule has 22 heavy (non-hydrogen) atoms. The van der Waals surface area contributed by atoms with Gasteiger partial charge in [0.05, 0.1) is 13.7 Å². The number of esters is 1. The lowest BCUT2D eigenvalue weighted by Crippen LogP contribution is -2.01. The number of carbonyl (C=O) groups excluding carboxylic acids is 1. The van der Waals surface area contributed by atoms with E-state index in [1.165, 1.54) is 26.2 Å². The average Bonchev–Trinajstić information content (AvgIpc) is 3.04. The van der Waals surface area contributed by atoms with Crippen molar-refractivity contribution in [2.45, 2.75) is 32.6 Å². The number of unbranched alkanes of at least 4 members (excludes halogenated alkanes) is 3. The first-order chi connectivity index (χ1) is 10.7. The van der Waals surface area contributed by atoms with Crippen LogP contribution in [0.2, 0.25) is 0 Å². The van der Waals surface area contributed by atoms with E-state index in [0.29, 0.717) is 23.9 Å². The minimum absolute atomic E-state index is 0.136. The van der Waals surface area contributed by atoms with Crippen molar-refractivity contribution in [1.29, 1.82) is 0 Å². The van der Waals surface area contributed by atoms with Crippen molar-refractivity contribution in [3.8, 4) is 17.3 Å². The highest BCUT2D eigenvalue weighted by Crippen LogP contribution is 2.22. The fourth-order valence-electron chi connectivity index (χ4n) is 1.93. The maximum atomic E-state index is 11.4. The first kappa shape index (κ1) is 16.0. The third kappa shape index (κ3) is 4.31. The minimum Gasteiger partial charge on any atom is -0.478 e. The van der Waals surface area contributed by atoms with Gasteiger partial charge in [0.1, 0.15) is 6.26 Å². The molecular weight excluding hydrogens is 284 g/mol.